The number of nitrogens with two attached hydrogens (primary N) is 1. The molecule has 0 aliphatic rings. The van der Waals surface area contributed by atoms with Crippen LogP contribution >= 0.6 is 0 Å². The molecular formula is C15H15N3O. The van der Waals surface area contributed by atoms with E-state index in [0.29, 0.717) is 0 Å². The average molecular weight is 253 g/mol. The van der Waals surface area contributed by atoms with Crippen molar-refractivity contribution in [2.24, 2.45) is 5.73 Å². The number of benzene rings is 1. The molecule has 0 aliphatic carbocycles. The van der Waals surface area contributed by atoms with Crippen molar-refractivity contribution >= 4 is 11.0 Å². The molecule has 2 N–H and O–H groups in total. The highest BCUT2D eigenvalue weighted by Gasteiger charge is 2.10. The Bertz CT molecular complexity index is 705. The number of fused-ring (bicyclic) bond motifs is 1. The van der Waals surface area contributed by atoms with E-state index in [-0.39, 0.29) is 6.04 Å². The number of hydrogen-bond acceptors (Lipinski definition) is 4. The molecule has 2 aromatic heterocycles. The Morgan fingerprint density at radius 3 is 2.68 bits per heavy atom. The highest BCUT2D eigenvalue weighted by molar-refractivity contribution is 5.79. The van der Waals surface area contributed by atoms with E-state index in [4.69, 9.17) is 10.2 Å². The third kappa shape index (κ3) is 2.22. The summed E-state index contributed by atoms with van der Waals surface area (Å²) in [6.07, 6.45) is 4.23. The minimum absolute atomic E-state index is 0.0472. The molecule has 0 saturated heterocycles. The van der Waals surface area contributed by atoms with E-state index in [0.717, 1.165) is 34.5 Å². The van der Waals surface area contributed by atoms with Gasteiger partial charge in [0.1, 0.15) is 11.5 Å². The van der Waals surface area contributed by atoms with Gasteiger partial charge in [-0.15, -0.1) is 0 Å². The van der Waals surface area contributed by atoms with Gasteiger partial charge in [0.2, 0.25) is 0 Å². The number of aromatic nitrogens is 2. The number of rotatable bonds is 3. The summed E-state index contributed by atoms with van der Waals surface area (Å²) in [6, 6.07) is 9.74. The van der Waals surface area contributed by atoms with Crippen molar-refractivity contribution in [1.29, 1.82) is 0 Å². The summed E-state index contributed by atoms with van der Waals surface area (Å²) in [5, 5.41) is 0. The largest absolute Gasteiger partial charge is 0.459 e. The van der Waals surface area contributed by atoms with Crippen LogP contribution in [0.5, 0.6) is 0 Å². The van der Waals surface area contributed by atoms with Crippen molar-refractivity contribution in [3.05, 3.63) is 48.5 Å². The van der Waals surface area contributed by atoms with Crippen LogP contribution in [0.2, 0.25) is 0 Å². The fraction of sp³-hybridized carbons (Fsp3) is 0.200. The fourth-order valence-electron chi connectivity index (χ4n) is 2.02. The molecule has 96 valence electrons. The first kappa shape index (κ1) is 11.9. The maximum Gasteiger partial charge on any atom is 0.134 e. The van der Waals surface area contributed by atoms with Crippen LogP contribution in [0, 0.1) is 0 Å². The summed E-state index contributed by atoms with van der Waals surface area (Å²) in [7, 11) is 0. The lowest BCUT2D eigenvalue weighted by molar-refractivity contribution is 0.470. The first-order valence-corrected chi connectivity index (χ1v) is 6.34. The van der Waals surface area contributed by atoms with E-state index >= 15 is 0 Å². The summed E-state index contributed by atoms with van der Waals surface area (Å²) in [6.45, 7) is 2.04. The van der Waals surface area contributed by atoms with Gasteiger partial charge in [-0.1, -0.05) is 6.92 Å². The van der Waals surface area contributed by atoms with Gasteiger partial charge < -0.3 is 10.2 Å². The van der Waals surface area contributed by atoms with Crippen molar-refractivity contribution < 1.29 is 4.42 Å². The van der Waals surface area contributed by atoms with Crippen LogP contribution in [0.15, 0.2) is 47.1 Å². The lowest BCUT2D eigenvalue weighted by atomic mass is 10.1. The van der Waals surface area contributed by atoms with Gasteiger partial charge in [-0.3, -0.25) is 9.97 Å². The highest BCUT2D eigenvalue weighted by atomic mass is 16.3. The molecule has 19 heavy (non-hydrogen) atoms. The first-order chi connectivity index (χ1) is 9.28. The maximum absolute atomic E-state index is 5.96. The molecule has 4 nitrogen and oxygen atoms in total. The summed E-state index contributed by atoms with van der Waals surface area (Å²) >= 11 is 0. The van der Waals surface area contributed by atoms with Gasteiger partial charge >= 0.3 is 0 Å². The molecule has 0 bridgehead atoms. The van der Waals surface area contributed by atoms with Crippen molar-refractivity contribution in [1.82, 2.24) is 9.97 Å². The van der Waals surface area contributed by atoms with E-state index in [1.54, 1.807) is 12.4 Å². The second-order valence-corrected chi connectivity index (χ2v) is 4.48. The molecule has 0 saturated carbocycles. The second-order valence-electron chi connectivity index (χ2n) is 4.48. The topological polar surface area (TPSA) is 64.9 Å². The van der Waals surface area contributed by atoms with Crippen molar-refractivity contribution in [2.75, 3.05) is 0 Å². The Hall–Kier alpha value is -2.20. The van der Waals surface area contributed by atoms with Crippen LogP contribution in [0.1, 0.15) is 25.1 Å². The third-order valence-electron chi connectivity index (χ3n) is 3.19. The molecule has 4 heteroatoms. The van der Waals surface area contributed by atoms with Gasteiger partial charge in [0.25, 0.3) is 0 Å². The van der Waals surface area contributed by atoms with E-state index < -0.39 is 0 Å². The molecule has 3 rings (SSSR count). The summed E-state index contributed by atoms with van der Waals surface area (Å²) < 4.78 is 5.80. The zero-order chi connectivity index (χ0) is 13.2. The van der Waals surface area contributed by atoms with Crippen molar-refractivity contribution in [2.45, 2.75) is 19.4 Å². The lowest BCUT2D eigenvalue weighted by Crippen LogP contribution is -2.06. The standard InChI is InChI=1S/C15H15N3O/c1-2-11(16)15-6-5-14(19-15)10-3-4-12-13(9-10)18-8-7-17-12/h3-9,11H,2,16H2,1H3. The zero-order valence-corrected chi connectivity index (χ0v) is 10.7. The van der Waals surface area contributed by atoms with Gasteiger partial charge in [-0.05, 0) is 36.8 Å². The molecule has 0 spiro atoms. The first-order valence-electron chi connectivity index (χ1n) is 6.34. The molecule has 0 aliphatic heterocycles. The van der Waals surface area contributed by atoms with Gasteiger partial charge in [0.05, 0.1) is 17.1 Å². The third-order valence-corrected chi connectivity index (χ3v) is 3.19. The molecule has 1 atom stereocenters. The van der Waals surface area contributed by atoms with Crippen LogP contribution < -0.4 is 5.73 Å². The number of nitrogens with zero attached hydrogens (tertiary/aromatic N) is 2. The molecule has 2 heterocycles. The predicted molar refractivity (Wildman–Crippen MR) is 74.5 cm³/mol. The van der Waals surface area contributed by atoms with E-state index in [2.05, 4.69) is 9.97 Å². The molecule has 3 aromatic rings. The minimum atomic E-state index is -0.0472. The molecule has 0 amide bonds. The lowest BCUT2D eigenvalue weighted by Gasteiger charge is -2.04. The molecule has 1 unspecified atom stereocenters. The molecule has 0 radical (unpaired) electrons. The minimum Gasteiger partial charge on any atom is -0.459 e. The van der Waals surface area contributed by atoms with Gasteiger partial charge in [-0.25, -0.2) is 0 Å². The quantitative estimate of drug-likeness (QED) is 0.777. The summed E-state index contributed by atoms with van der Waals surface area (Å²) in [5.74, 6) is 1.63. The van der Waals surface area contributed by atoms with Gasteiger partial charge in [0, 0.05) is 18.0 Å². The zero-order valence-electron chi connectivity index (χ0n) is 10.7. The smallest absolute Gasteiger partial charge is 0.134 e. The predicted octanol–water partition coefficient (Wildman–Crippen LogP) is 3.30. The van der Waals surface area contributed by atoms with E-state index in [1.807, 2.05) is 37.3 Å². The van der Waals surface area contributed by atoms with Gasteiger partial charge in [-0.2, -0.15) is 0 Å². The Morgan fingerprint density at radius 1 is 1.11 bits per heavy atom. The summed E-state index contributed by atoms with van der Waals surface area (Å²) in [5.41, 5.74) is 8.69. The second kappa shape index (κ2) is 4.82. The summed E-state index contributed by atoms with van der Waals surface area (Å²) in [4.78, 5) is 8.55. The maximum atomic E-state index is 5.96. The van der Waals surface area contributed by atoms with Crippen LogP contribution in [0.25, 0.3) is 22.4 Å². The Kier molecular flexibility index (Phi) is 3.01. The van der Waals surface area contributed by atoms with Crippen molar-refractivity contribution in [3.63, 3.8) is 0 Å². The molecule has 1 aromatic carbocycles. The molecular weight excluding hydrogens is 238 g/mol. The number of furan rings is 1. The highest BCUT2D eigenvalue weighted by Crippen LogP contribution is 2.27. The SMILES string of the molecule is CCC(N)c1ccc(-c2ccc3nccnc3c2)o1. The van der Waals surface area contributed by atoms with E-state index in [1.165, 1.54) is 0 Å². The van der Waals surface area contributed by atoms with E-state index in [9.17, 15) is 0 Å². The van der Waals surface area contributed by atoms with Crippen LogP contribution in [-0.4, -0.2) is 9.97 Å². The Morgan fingerprint density at radius 2 is 1.89 bits per heavy atom. The Balaban J connectivity index is 2.01. The monoisotopic (exact) mass is 253 g/mol. The Labute approximate surface area is 111 Å². The van der Waals surface area contributed by atoms with Crippen LogP contribution in [0.3, 0.4) is 0 Å². The average Bonchev–Trinajstić information content (AvgIpc) is 2.95. The van der Waals surface area contributed by atoms with Crippen molar-refractivity contribution in [3.8, 4) is 11.3 Å². The van der Waals surface area contributed by atoms with Crippen LogP contribution in [-0.2, 0) is 0 Å². The van der Waals surface area contributed by atoms with Crippen LogP contribution in [0.4, 0.5) is 0 Å². The molecule has 0 fully saturated rings. The fourth-order valence-corrected chi connectivity index (χ4v) is 2.02. The van der Waals surface area contributed by atoms with Gasteiger partial charge in [0.15, 0.2) is 0 Å². The number of hydrogen-bond donors (Lipinski definition) is 1. The normalized spacial score (nSPS) is 12.7.